The van der Waals surface area contributed by atoms with Crippen LogP contribution in [0, 0.1) is 0 Å². The summed E-state index contributed by atoms with van der Waals surface area (Å²) in [6.07, 6.45) is 0. The van der Waals surface area contributed by atoms with Gasteiger partial charge in [0.2, 0.25) is 5.84 Å². The van der Waals surface area contributed by atoms with E-state index in [1.54, 1.807) is 18.2 Å². The third kappa shape index (κ3) is 2.44. The van der Waals surface area contributed by atoms with Crippen molar-refractivity contribution in [3.63, 3.8) is 0 Å². The number of carbonyl (C=O) groups is 1. The second kappa shape index (κ2) is 4.69. The number of carbonyl (C=O) groups excluding carboxylic acids is 1. The van der Waals surface area contributed by atoms with Gasteiger partial charge in [0.05, 0.1) is 10.0 Å². The molecule has 0 bridgehead atoms. The summed E-state index contributed by atoms with van der Waals surface area (Å²) < 4.78 is 0. The molecule has 5 nitrogen and oxygen atoms in total. The molecule has 0 spiro atoms. The highest BCUT2D eigenvalue weighted by Crippen LogP contribution is 2.24. The van der Waals surface area contributed by atoms with E-state index in [9.17, 15) is 4.79 Å². The Morgan fingerprint density at radius 2 is 2.19 bits per heavy atom. The van der Waals surface area contributed by atoms with Crippen molar-refractivity contribution >= 4 is 40.6 Å². The van der Waals surface area contributed by atoms with Gasteiger partial charge in [-0.15, -0.1) is 0 Å². The lowest BCUT2D eigenvalue weighted by Gasteiger charge is -2.06. The van der Waals surface area contributed by atoms with Crippen LogP contribution in [0.3, 0.4) is 0 Å². The molecule has 7 heteroatoms. The van der Waals surface area contributed by atoms with Crippen molar-refractivity contribution in [2.24, 2.45) is 4.99 Å². The van der Waals surface area contributed by atoms with Gasteiger partial charge in [-0.1, -0.05) is 23.2 Å². The molecule has 2 rings (SSSR count). The van der Waals surface area contributed by atoms with Gasteiger partial charge < -0.3 is 5.32 Å². The van der Waals surface area contributed by atoms with Crippen molar-refractivity contribution in [2.45, 2.75) is 0 Å². The fraction of sp³-hybridized carbons (Fsp3) is 0.111. The normalized spacial score (nSPS) is 14.2. The number of halogens is 2. The molecule has 1 aromatic rings. The van der Waals surface area contributed by atoms with E-state index in [4.69, 9.17) is 23.2 Å². The zero-order valence-electron chi connectivity index (χ0n) is 8.05. The van der Waals surface area contributed by atoms with Crippen LogP contribution in [0.1, 0.15) is 0 Å². The molecule has 0 aromatic heterocycles. The van der Waals surface area contributed by atoms with Gasteiger partial charge in [-0.3, -0.25) is 10.2 Å². The van der Waals surface area contributed by atoms with E-state index in [2.05, 4.69) is 21.2 Å². The Hall–Kier alpha value is -1.30. The van der Waals surface area contributed by atoms with Gasteiger partial charge in [-0.25, -0.2) is 10.4 Å². The first-order valence-electron chi connectivity index (χ1n) is 4.46. The van der Waals surface area contributed by atoms with Crippen LogP contribution in [0.2, 0.25) is 10.0 Å². The molecular formula is C9H8Cl2N4O. The summed E-state index contributed by atoms with van der Waals surface area (Å²) in [4.78, 5) is 15.5. The Morgan fingerprint density at radius 1 is 1.38 bits per heavy atom. The first-order chi connectivity index (χ1) is 7.66. The molecule has 0 atom stereocenters. The standard InChI is InChI=1S/C9H8Cl2N4O/c10-6-2-1-5(3-7(6)11)14-9(16)8-12-4-13-15-8/h1-3,13H,4H2,(H,12,15)(H,14,16). The molecule has 1 amide bonds. The molecule has 0 saturated carbocycles. The van der Waals surface area contributed by atoms with Crippen molar-refractivity contribution in [3.8, 4) is 0 Å². The van der Waals surface area contributed by atoms with Crippen LogP contribution < -0.4 is 16.2 Å². The molecule has 0 unspecified atom stereocenters. The van der Waals surface area contributed by atoms with Gasteiger partial charge in [0.15, 0.2) is 0 Å². The lowest BCUT2D eigenvalue weighted by molar-refractivity contribution is -0.110. The first kappa shape index (κ1) is 11.2. The lowest BCUT2D eigenvalue weighted by Crippen LogP contribution is -2.37. The van der Waals surface area contributed by atoms with E-state index in [0.717, 1.165) is 0 Å². The molecule has 0 saturated heterocycles. The molecule has 0 radical (unpaired) electrons. The maximum atomic E-state index is 11.6. The Morgan fingerprint density at radius 3 is 2.81 bits per heavy atom. The second-order valence-corrected chi connectivity index (χ2v) is 3.86. The number of aliphatic imine (C=N–C) groups is 1. The Bertz CT molecular complexity index is 461. The van der Waals surface area contributed by atoms with E-state index >= 15 is 0 Å². The molecule has 1 aliphatic rings. The number of amides is 1. The van der Waals surface area contributed by atoms with Crippen LogP contribution in [-0.2, 0) is 4.79 Å². The molecule has 84 valence electrons. The third-order valence-electron chi connectivity index (χ3n) is 1.92. The molecule has 0 fully saturated rings. The first-order valence-corrected chi connectivity index (χ1v) is 5.22. The molecule has 1 aromatic carbocycles. The minimum absolute atomic E-state index is 0.242. The highest BCUT2D eigenvalue weighted by molar-refractivity contribution is 6.43. The fourth-order valence-electron chi connectivity index (χ4n) is 1.17. The summed E-state index contributed by atoms with van der Waals surface area (Å²) in [5.41, 5.74) is 5.89. The third-order valence-corrected chi connectivity index (χ3v) is 2.65. The van der Waals surface area contributed by atoms with Crippen LogP contribution in [0.15, 0.2) is 23.2 Å². The topological polar surface area (TPSA) is 65.5 Å². The smallest absolute Gasteiger partial charge is 0.292 e. The van der Waals surface area contributed by atoms with Crippen LogP contribution in [0.4, 0.5) is 5.69 Å². The van der Waals surface area contributed by atoms with Crippen LogP contribution in [-0.4, -0.2) is 18.4 Å². The average Bonchev–Trinajstić information content (AvgIpc) is 2.77. The van der Waals surface area contributed by atoms with Crippen LogP contribution in [0.25, 0.3) is 0 Å². The maximum absolute atomic E-state index is 11.6. The number of rotatable bonds is 2. The SMILES string of the molecule is O=C(Nc1ccc(Cl)c(Cl)c1)C1=NCNN1. The summed E-state index contributed by atoms with van der Waals surface area (Å²) in [6, 6.07) is 4.85. The van der Waals surface area contributed by atoms with Crippen LogP contribution in [0.5, 0.6) is 0 Å². The Labute approximate surface area is 102 Å². The van der Waals surface area contributed by atoms with Crippen molar-refractivity contribution in [2.75, 3.05) is 12.0 Å². The van der Waals surface area contributed by atoms with Crippen molar-refractivity contribution in [3.05, 3.63) is 28.2 Å². The predicted octanol–water partition coefficient (Wildman–Crippen LogP) is 1.40. The van der Waals surface area contributed by atoms with E-state index in [-0.39, 0.29) is 11.7 Å². The minimum atomic E-state index is -0.330. The Kier molecular flexibility index (Phi) is 3.28. The summed E-state index contributed by atoms with van der Waals surface area (Å²) in [5.74, 6) is -0.0885. The fourth-order valence-corrected chi connectivity index (χ4v) is 1.47. The summed E-state index contributed by atoms with van der Waals surface area (Å²) >= 11 is 11.6. The van der Waals surface area contributed by atoms with E-state index in [1.165, 1.54) is 0 Å². The van der Waals surface area contributed by atoms with Gasteiger partial charge in [0.25, 0.3) is 5.91 Å². The van der Waals surface area contributed by atoms with Gasteiger partial charge in [-0.2, -0.15) is 0 Å². The maximum Gasteiger partial charge on any atom is 0.292 e. The number of anilines is 1. The quantitative estimate of drug-likeness (QED) is 0.752. The number of nitrogens with zero attached hydrogens (tertiary/aromatic N) is 1. The zero-order chi connectivity index (χ0) is 11.5. The lowest BCUT2D eigenvalue weighted by atomic mass is 10.3. The average molecular weight is 259 g/mol. The van der Waals surface area contributed by atoms with Crippen molar-refractivity contribution in [1.82, 2.24) is 10.9 Å². The second-order valence-electron chi connectivity index (χ2n) is 3.05. The van der Waals surface area contributed by atoms with Gasteiger partial charge in [0.1, 0.15) is 6.67 Å². The van der Waals surface area contributed by atoms with E-state index in [0.29, 0.717) is 22.4 Å². The molecule has 16 heavy (non-hydrogen) atoms. The van der Waals surface area contributed by atoms with E-state index < -0.39 is 0 Å². The molecule has 1 heterocycles. The highest BCUT2D eigenvalue weighted by atomic mass is 35.5. The summed E-state index contributed by atoms with van der Waals surface area (Å²) in [5, 5.41) is 3.47. The number of nitrogens with one attached hydrogen (secondary N) is 3. The number of hydrogen-bond acceptors (Lipinski definition) is 4. The van der Waals surface area contributed by atoms with Crippen molar-refractivity contribution in [1.29, 1.82) is 0 Å². The minimum Gasteiger partial charge on any atom is -0.319 e. The van der Waals surface area contributed by atoms with E-state index in [1.807, 2.05) is 0 Å². The summed E-state index contributed by atoms with van der Waals surface area (Å²) in [6.45, 7) is 0.379. The highest BCUT2D eigenvalue weighted by Gasteiger charge is 2.14. The molecule has 0 aliphatic carbocycles. The summed E-state index contributed by atoms with van der Waals surface area (Å²) in [7, 11) is 0. The van der Waals surface area contributed by atoms with Gasteiger partial charge >= 0.3 is 0 Å². The molecule has 3 N–H and O–H groups in total. The van der Waals surface area contributed by atoms with Crippen LogP contribution >= 0.6 is 23.2 Å². The molecular weight excluding hydrogens is 251 g/mol. The number of amidine groups is 1. The predicted molar refractivity (Wildman–Crippen MR) is 63.7 cm³/mol. The number of hydrogen-bond donors (Lipinski definition) is 3. The monoisotopic (exact) mass is 258 g/mol. The van der Waals surface area contributed by atoms with Gasteiger partial charge in [0, 0.05) is 5.69 Å². The zero-order valence-corrected chi connectivity index (χ0v) is 9.56. The van der Waals surface area contributed by atoms with Gasteiger partial charge in [-0.05, 0) is 18.2 Å². The number of hydrazine groups is 1. The van der Waals surface area contributed by atoms with Crippen molar-refractivity contribution < 1.29 is 4.79 Å². The largest absolute Gasteiger partial charge is 0.319 e. The molecule has 1 aliphatic heterocycles. The Balaban J connectivity index is 2.08. The number of benzene rings is 1.